The fraction of sp³-hybridized carbons (Fsp3) is 0.419. The minimum atomic E-state index is -2.33. The van der Waals surface area contributed by atoms with Crippen LogP contribution in [-0.2, 0) is 51.8 Å². The van der Waals surface area contributed by atoms with Gasteiger partial charge in [0.05, 0.1) is 19.2 Å². The Labute approximate surface area is 280 Å². The zero-order valence-electron chi connectivity index (χ0n) is 25.9. The number of aliphatic carboxylic acids is 3. The summed E-state index contributed by atoms with van der Waals surface area (Å²) in [6, 6.07) is 15.5. The molecule has 1 aliphatic rings. The maximum atomic E-state index is 12.0. The van der Waals surface area contributed by atoms with Gasteiger partial charge in [-0.05, 0) is 24.0 Å². The number of carbonyl (C=O) groups excluding carboxylic acids is 3. The van der Waals surface area contributed by atoms with E-state index < -0.39 is 90.7 Å². The Hall–Kier alpha value is -4.66. The quantitative estimate of drug-likeness (QED) is 0.0559. The third kappa shape index (κ3) is 13.8. The van der Waals surface area contributed by atoms with Gasteiger partial charge in [0.1, 0.15) is 24.3 Å². The fourth-order valence-corrected chi connectivity index (χ4v) is 4.33. The second kappa shape index (κ2) is 20.6. The maximum Gasteiger partial charge on any atom is 0.338 e. The monoisotopic (exact) mass is 699 g/mol. The maximum absolute atomic E-state index is 12.0. The Bertz CT molecular complexity index is 1400. The Balaban J connectivity index is 0.000000923. The van der Waals surface area contributed by atoms with Crippen molar-refractivity contribution >= 4 is 35.4 Å². The van der Waals surface area contributed by atoms with E-state index in [1.165, 1.54) is 0 Å². The number of ketones is 2. The van der Waals surface area contributed by atoms with Gasteiger partial charge in [-0.25, -0.2) is 9.59 Å². The third-order valence-corrected chi connectivity index (χ3v) is 7.12. The van der Waals surface area contributed by atoms with Crippen molar-refractivity contribution in [2.45, 2.75) is 68.0 Å². The number of Topliss-reactive ketones (excluding diaryl/α,β-unsaturated/α-hetero) is 2. The molecule has 49 heavy (non-hydrogen) atoms. The number of carboxylic acid groups (broad SMARTS) is 3. The predicted octanol–water partition coefficient (Wildman–Crippen LogP) is -3.79. The fourth-order valence-electron chi connectivity index (χ4n) is 4.33. The number of carboxylic acids is 3. The number of ether oxygens (including phenoxy) is 1. The summed E-state index contributed by atoms with van der Waals surface area (Å²) in [5.74, 6) is -6.79. The lowest BCUT2D eigenvalue weighted by atomic mass is 10.00. The van der Waals surface area contributed by atoms with Crippen LogP contribution in [0.4, 0.5) is 0 Å². The Morgan fingerprint density at radius 3 is 1.59 bits per heavy atom. The van der Waals surface area contributed by atoms with Crippen LogP contribution in [0.3, 0.4) is 0 Å². The smallest absolute Gasteiger partial charge is 0.338 e. The number of benzene rings is 2. The van der Waals surface area contributed by atoms with E-state index in [9.17, 15) is 54.3 Å². The first kappa shape index (κ1) is 42.4. The number of esters is 1. The van der Waals surface area contributed by atoms with Crippen molar-refractivity contribution in [2.75, 3.05) is 13.1 Å². The van der Waals surface area contributed by atoms with Gasteiger partial charge < -0.3 is 51.1 Å². The second-order valence-electron chi connectivity index (χ2n) is 10.7. The van der Waals surface area contributed by atoms with Crippen LogP contribution in [0.2, 0.25) is 0 Å². The molecule has 13 N–H and O–H groups in total. The highest BCUT2D eigenvalue weighted by Gasteiger charge is 2.39. The molecule has 18 nitrogen and oxygen atoms in total. The number of hydrogen-bond donors (Lipinski definition) is 10. The molecule has 272 valence electrons. The molecule has 0 amide bonds. The SMILES string of the molecule is O=C(CN[C@H](Cc1ccccc1)C(=O)O)C1CC(O)C(O)C(=O)O1.O=C(O)[C@@H](O)[C@@H](O)[C@H](O)C(=O)CN[C@H](Cc1ccccc1)C(=O)O.[HH].[OH3+]. The molecule has 1 aliphatic heterocycles. The van der Waals surface area contributed by atoms with Crippen molar-refractivity contribution in [3.63, 3.8) is 0 Å². The summed E-state index contributed by atoms with van der Waals surface area (Å²) < 4.78 is 4.76. The second-order valence-corrected chi connectivity index (χ2v) is 10.7. The molecule has 18 heteroatoms. The van der Waals surface area contributed by atoms with Crippen molar-refractivity contribution in [3.8, 4) is 0 Å². The van der Waals surface area contributed by atoms with Crippen molar-refractivity contribution in [3.05, 3.63) is 71.8 Å². The van der Waals surface area contributed by atoms with Gasteiger partial charge in [0.15, 0.2) is 29.9 Å². The van der Waals surface area contributed by atoms with E-state index in [0.29, 0.717) is 5.56 Å². The molecule has 0 saturated carbocycles. The van der Waals surface area contributed by atoms with E-state index in [4.69, 9.17) is 20.1 Å². The van der Waals surface area contributed by atoms with Crippen LogP contribution in [0.1, 0.15) is 19.0 Å². The molecule has 3 rings (SSSR count). The molecule has 1 heterocycles. The standard InChI is InChI=1S/C16H19NO7.C15H19NO8.H2O.H2/c18-11-7-13(24-16(23)14(11)20)12(19)8-17-10(15(21)22)6-9-4-2-1-3-5-9;17-10(11(18)12(19)13(20)15(23)24)7-16-9(14(21)22)6-8-4-2-1-3-5-8;;/h1-5,10-11,13-14,17-18,20H,6-8H2,(H,21,22);1-5,9,11-13,16,18-20H,6-7H2,(H,21,22)(H,23,24);1H2;1H/p+1/t10-,11?,13?,14?;9-,11-,12+,13+;;/m11../s1. The molecule has 8 atom stereocenters. The number of cyclic esters (lactones) is 1. The van der Waals surface area contributed by atoms with E-state index in [0.717, 1.165) is 5.56 Å². The highest BCUT2D eigenvalue weighted by molar-refractivity contribution is 5.90. The zero-order chi connectivity index (χ0) is 36.0. The lowest BCUT2D eigenvalue weighted by Crippen LogP contribution is -2.50. The first-order chi connectivity index (χ1) is 22.6. The zero-order valence-corrected chi connectivity index (χ0v) is 25.9. The first-order valence-corrected chi connectivity index (χ1v) is 14.5. The number of hydrogen-bond acceptors (Lipinski definition) is 14. The van der Waals surface area contributed by atoms with E-state index in [1.54, 1.807) is 54.6 Å². The topological polar surface area (TPSA) is 331 Å². The van der Waals surface area contributed by atoms with Gasteiger partial charge in [-0.15, -0.1) is 0 Å². The van der Waals surface area contributed by atoms with Crippen LogP contribution in [-0.4, -0.2) is 138 Å². The molecule has 0 spiro atoms. The van der Waals surface area contributed by atoms with Gasteiger partial charge >= 0.3 is 23.9 Å². The normalized spacial score (nSPS) is 20.0. The van der Waals surface area contributed by atoms with Crippen LogP contribution in [0, 0.1) is 0 Å². The molecule has 2 aromatic rings. The lowest BCUT2D eigenvalue weighted by Gasteiger charge is -2.28. The van der Waals surface area contributed by atoms with Gasteiger partial charge in [0, 0.05) is 7.85 Å². The van der Waals surface area contributed by atoms with Gasteiger partial charge in [0.2, 0.25) is 0 Å². The summed E-state index contributed by atoms with van der Waals surface area (Å²) in [5.41, 5.74) is 1.51. The van der Waals surface area contributed by atoms with Crippen molar-refractivity contribution < 1.29 is 81.3 Å². The van der Waals surface area contributed by atoms with Crippen LogP contribution >= 0.6 is 0 Å². The molecule has 0 aromatic heterocycles. The Morgan fingerprint density at radius 2 is 1.18 bits per heavy atom. The van der Waals surface area contributed by atoms with Gasteiger partial charge in [-0.1, -0.05) is 60.7 Å². The van der Waals surface area contributed by atoms with E-state index in [1.807, 2.05) is 6.07 Å². The van der Waals surface area contributed by atoms with Gasteiger partial charge in [-0.3, -0.25) is 29.8 Å². The third-order valence-electron chi connectivity index (χ3n) is 7.12. The number of carbonyl (C=O) groups is 6. The summed E-state index contributed by atoms with van der Waals surface area (Å²) in [5, 5.41) is 78.8. The van der Waals surface area contributed by atoms with E-state index >= 15 is 0 Å². The van der Waals surface area contributed by atoms with Gasteiger partial charge in [-0.2, -0.15) is 0 Å². The van der Waals surface area contributed by atoms with Crippen LogP contribution in [0.5, 0.6) is 0 Å². The van der Waals surface area contributed by atoms with Crippen LogP contribution in [0.25, 0.3) is 0 Å². The number of aliphatic hydroxyl groups is 5. The molecular weight excluding hydrogens is 656 g/mol. The van der Waals surface area contributed by atoms with Crippen LogP contribution < -0.4 is 10.6 Å². The summed E-state index contributed by atoms with van der Waals surface area (Å²) in [6.07, 6.45) is -10.9. The minimum Gasteiger partial charge on any atom is -0.480 e. The summed E-state index contributed by atoms with van der Waals surface area (Å²) in [6.45, 7) is -0.946. The molecule has 0 aliphatic carbocycles. The summed E-state index contributed by atoms with van der Waals surface area (Å²) in [7, 11) is 0. The molecular formula is C31H43N2O16+. The lowest BCUT2D eigenvalue weighted by molar-refractivity contribution is -0.181. The Morgan fingerprint density at radius 1 is 0.735 bits per heavy atom. The average molecular weight is 700 g/mol. The molecule has 0 bridgehead atoms. The van der Waals surface area contributed by atoms with Gasteiger partial charge in [0.25, 0.3) is 0 Å². The molecule has 1 saturated heterocycles. The first-order valence-electron chi connectivity index (χ1n) is 14.5. The molecule has 1 fully saturated rings. The van der Waals surface area contributed by atoms with Crippen molar-refractivity contribution in [1.82, 2.24) is 10.6 Å². The van der Waals surface area contributed by atoms with E-state index in [-0.39, 0.29) is 32.7 Å². The number of nitrogens with one attached hydrogen (secondary N) is 2. The largest absolute Gasteiger partial charge is 0.480 e. The number of aliphatic hydroxyl groups excluding tert-OH is 5. The summed E-state index contributed by atoms with van der Waals surface area (Å²) >= 11 is 0. The van der Waals surface area contributed by atoms with E-state index in [2.05, 4.69) is 10.6 Å². The van der Waals surface area contributed by atoms with Crippen molar-refractivity contribution in [1.29, 1.82) is 0 Å². The minimum absolute atomic E-state index is 0. The molecule has 2 aromatic carbocycles. The average Bonchev–Trinajstić information content (AvgIpc) is 3.06. The highest BCUT2D eigenvalue weighted by atomic mass is 16.6. The van der Waals surface area contributed by atoms with Crippen LogP contribution in [0.15, 0.2) is 60.7 Å². The Kier molecular flexibility index (Phi) is 17.9. The predicted molar refractivity (Wildman–Crippen MR) is 168 cm³/mol. The highest BCUT2D eigenvalue weighted by Crippen LogP contribution is 2.16. The molecule has 3 unspecified atom stereocenters. The molecule has 0 radical (unpaired) electrons. The van der Waals surface area contributed by atoms with Crippen molar-refractivity contribution in [2.24, 2.45) is 0 Å². The summed E-state index contributed by atoms with van der Waals surface area (Å²) in [4.78, 5) is 68.1. The number of rotatable bonds is 17.